The third-order valence-electron chi connectivity index (χ3n) is 2.92. The lowest BCUT2D eigenvalue weighted by Crippen LogP contribution is -2.38. The predicted octanol–water partition coefficient (Wildman–Crippen LogP) is 3.41. The van der Waals surface area contributed by atoms with Crippen LogP contribution in [0.5, 0.6) is 0 Å². The minimum absolute atomic E-state index is 0.0636. The quantitative estimate of drug-likeness (QED) is 0.677. The predicted molar refractivity (Wildman–Crippen MR) is 78.0 cm³/mol. The maximum atomic E-state index is 5.94. The molecule has 0 aliphatic rings. The summed E-state index contributed by atoms with van der Waals surface area (Å²) >= 11 is 0. The summed E-state index contributed by atoms with van der Waals surface area (Å²) in [7, 11) is 0. The molecule has 0 bridgehead atoms. The lowest BCUT2D eigenvalue weighted by atomic mass is 10.1. The molecule has 0 aliphatic carbocycles. The van der Waals surface area contributed by atoms with E-state index < -0.39 is 0 Å². The first-order valence-electron chi connectivity index (χ1n) is 7.02. The molecule has 1 rings (SSSR count). The first-order chi connectivity index (χ1) is 8.64. The van der Waals surface area contributed by atoms with Crippen molar-refractivity contribution in [3.63, 3.8) is 0 Å². The van der Waals surface area contributed by atoms with Crippen molar-refractivity contribution >= 4 is 0 Å². The van der Waals surface area contributed by atoms with Gasteiger partial charge < -0.3 is 10.1 Å². The van der Waals surface area contributed by atoms with Crippen molar-refractivity contribution in [3.8, 4) is 0 Å². The van der Waals surface area contributed by atoms with Crippen LogP contribution in [-0.4, -0.2) is 25.3 Å². The van der Waals surface area contributed by atoms with E-state index in [1.165, 1.54) is 12.0 Å². The molecule has 0 atom stereocenters. The standard InChI is InChI=1S/C16H27NO/c1-4-12-17-14-16(2,3)18-13-8-11-15-9-6-5-7-10-15/h5-7,9-10,17H,4,8,11-14H2,1-3H3. The Labute approximate surface area is 112 Å². The highest BCUT2D eigenvalue weighted by Gasteiger charge is 2.16. The number of hydrogen-bond donors (Lipinski definition) is 1. The van der Waals surface area contributed by atoms with Crippen molar-refractivity contribution in [1.82, 2.24) is 5.32 Å². The van der Waals surface area contributed by atoms with Gasteiger partial charge in [-0.2, -0.15) is 0 Å². The fourth-order valence-electron chi connectivity index (χ4n) is 1.89. The van der Waals surface area contributed by atoms with Crippen LogP contribution < -0.4 is 5.32 Å². The summed E-state index contributed by atoms with van der Waals surface area (Å²) in [5, 5.41) is 3.41. The molecule has 102 valence electrons. The molecule has 0 saturated heterocycles. The van der Waals surface area contributed by atoms with E-state index in [9.17, 15) is 0 Å². The zero-order valence-corrected chi connectivity index (χ0v) is 12.0. The van der Waals surface area contributed by atoms with Crippen molar-refractivity contribution in [1.29, 1.82) is 0 Å². The third kappa shape index (κ3) is 6.77. The van der Waals surface area contributed by atoms with E-state index in [-0.39, 0.29) is 5.60 Å². The number of rotatable bonds is 9. The van der Waals surface area contributed by atoms with Crippen LogP contribution in [0.1, 0.15) is 39.2 Å². The minimum Gasteiger partial charge on any atom is -0.374 e. The smallest absolute Gasteiger partial charge is 0.0750 e. The largest absolute Gasteiger partial charge is 0.374 e. The summed E-state index contributed by atoms with van der Waals surface area (Å²) in [5.74, 6) is 0. The van der Waals surface area contributed by atoms with Gasteiger partial charge >= 0.3 is 0 Å². The third-order valence-corrected chi connectivity index (χ3v) is 2.92. The van der Waals surface area contributed by atoms with E-state index in [1.54, 1.807) is 0 Å². The Hall–Kier alpha value is -0.860. The Bertz CT molecular complexity index is 308. The second-order valence-electron chi connectivity index (χ2n) is 5.37. The summed E-state index contributed by atoms with van der Waals surface area (Å²) < 4.78 is 5.94. The maximum absolute atomic E-state index is 5.94. The SMILES string of the molecule is CCCNCC(C)(C)OCCCc1ccccc1. The fourth-order valence-corrected chi connectivity index (χ4v) is 1.89. The van der Waals surface area contributed by atoms with E-state index in [1.807, 2.05) is 0 Å². The minimum atomic E-state index is -0.0636. The highest BCUT2D eigenvalue weighted by molar-refractivity contribution is 5.14. The normalized spacial score (nSPS) is 11.7. The lowest BCUT2D eigenvalue weighted by Gasteiger charge is -2.25. The van der Waals surface area contributed by atoms with Crippen LogP contribution in [0.3, 0.4) is 0 Å². The Morgan fingerprint density at radius 2 is 1.89 bits per heavy atom. The first kappa shape index (κ1) is 15.2. The average Bonchev–Trinajstić information content (AvgIpc) is 2.36. The van der Waals surface area contributed by atoms with E-state index in [4.69, 9.17) is 4.74 Å². The van der Waals surface area contributed by atoms with Gasteiger partial charge in [-0.3, -0.25) is 0 Å². The van der Waals surface area contributed by atoms with Gasteiger partial charge in [0.25, 0.3) is 0 Å². The van der Waals surface area contributed by atoms with Gasteiger partial charge in [-0.1, -0.05) is 37.3 Å². The Morgan fingerprint density at radius 3 is 2.56 bits per heavy atom. The molecule has 1 aromatic rings. The Kier molecular flexibility index (Phi) is 6.99. The average molecular weight is 249 g/mol. The molecule has 0 aromatic heterocycles. The molecule has 0 aliphatic heterocycles. The number of ether oxygens (including phenoxy) is 1. The molecule has 0 saturated carbocycles. The highest BCUT2D eigenvalue weighted by atomic mass is 16.5. The van der Waals surface area contributed by atoms with E-state index in [0.717, 1.165) is 32.5 Å². The molecule has 0 amide bonds. The van der Waals surface area contributed by atoms with Crippen molar-refractivity contribution in [2.24, 2.45) is 0 Å². The molecule has 18 heavy (non-hydrogen) atoms. The van der Waals surface area contributed by atoms with Crippen molar-refractivity contribution in [3.05, 3.63) is 35.9 Å². The number of benzene rings is 1. The second-order valence-corrected chi connectivity index (χ2v) is 5.37. The van der Waals surface area contributed by atoms with E-state index in [0.29, 0.717) is 0 Å². The summed E-state index contributed by atoms with van der Waals surface area (Å²) in [6.45, 7) is 9.30. The molecular formula is C16H27NO. The monoisotopic (exact) mass is 249 g/mol. The topological polar surface area (TPSA) is 21.3 Å². The fraction of sp³-hybridized carbons (Fsp3) is 0.625. The summed E-state index contributed by atoms with van der Waals surface area (Å²) in [5.41, 5.74) is 1.33. The molecule has 0 heterocycles. The van der Waals surface area contributed by atoms with Crippen LogP contribution in [-0.2, 0) is 11.2 Å². The Balaban J connectivity index is 2.13. The van der Waals surface area contributed by atoms with Crippen molar-refractivity contribution in [2.75, 3.05) is 19.7 Å². The van der Waals surface area contributed by atoms with Crippen molar-refractivity contribution < 1.29 is 4.74 Å². The molecule has 0 spiro atoms. The molecule has 1 aromatic carbocycles. The van der Waals surface area contributed by atoms with Crippen LogP contribution >= 0.6 is 0 Å². The van der Waals surface area contributed by atoms with Crippen LogP contribution in [0.4, 0.5) is 0 Å². The van der Waals surface area contributed by atoms with E-state index >= 15 is 0 Å². The van der Waals surface area contributed by atoms with Gasteiger partial charge in [0.1, 0.15) is 0 Å². The summed E-state index contributed by atoms with van der Waals surface area (Å²) in [6.07, 6.45) is 3.35. The molecule has 2 heteroatoms. The van der Waals surface area contributed by atoms with Gasteiger partial charge in [0, 0.05) is 13.2 Å². The second kappa shape index (κ2) is 8.28. The molecule has 2 nitrogen and oxygen atoms in total. The Morgan fingerprint density at radius 1 is 1.17 bits per heavy atom. The number of nitrogens with one attached hydrogen (secondary N) is 1. The van der Waals surface area contributed by atoms with Gasteiger partial charge in [0.15, 0.2) is 0 Å². The summed E-state index contributed by atoms with van der Waals surface area (Å²) in [4.78, 5) is 0. The van der Waals surface area contributed by atoms with Crippen molar-refractivity contribution in [2.45, 2.75) is 45.6 Å². The lowest BCUT2D eigenvalue weighted by molar-refractivity contribution is -0.0171. The highest BCUT2D eigenvalue weighted by Crippen LogP contribution is 2.09. The number of hydrogen-bond acceptors (Lipinski definition) is 2. The van der Waals surface area contributed by atoms with Gasteiger partial charge in [-0.25, -0.2) is 0 Å². The zero-order valence-electron chi connectivity index (χ0n) is 12.0. The molecule has 0 radical (unpaired) electrons. The molecule has 0 fully saturated rings. The molecular weight excluding hydrogens is 222 g/mol. The van der Waals surface area contributed by atoms with Crippen LogP contribution in [0, 0.1) is 0 Å². The zero-order chi connectivity index (χ0) is 13.3. The van der Waals surface area contributed by atoms with E-state index in [2.05, 4.69) is 56.4 Å². The van der Waals surface area contributed by atoms with Gasteiger partial charge in [-0.15, -0.1) is 0 Å². The summed E-state index contributed by atoms with van der Waals surface area (Å²) in [6, 6.07) is 10.6. The first-order valence-corrected chi connectivity index (χ1v) is 7.02. The maximum Gasteiger partial charge on any atom is 0.0750 e. The molecule has 1 N–H and O–H groups in total. The van der Waals surface area contributed by atoms with Gasteiger partial charge in [0.2, 0.25) is 0 Å². The van der Waals surface area contributed by atoms with Gasteiger partial charge in [-0.05, 0) is 45.2 Å². The number of aryl methyl sites for hydroxylation is 1. The van der Waals surface area contributed by atoms with Crippen LogP contribution in [0.15, 0.2) is 30.3 Å². The van der Waals surface area contributed by atoms with Crippen LogP contribution in [0.2, 0.25) is 0 Å². The van der Waals surface area contributed by atoms with Gasteiger partial charge in [0.05, 0.1) is 5.60 Å². The molecule has 0 unspecified atom stereocenters. The van der Waals surface area contributed by atoms with Crippen LogP contribution in [0.25, 0.3) is 0 Å².